The molecule has 3 nitrogen and oxygen atoms in total. The smallest absolute Gasteiger partial charge is 0.235 e. The Bertz CT molecular complexity index is 1020. The van der Waals surface area contributed by atoms with Crippen LogP contribution in [0.25, 0.3) is 10.8 Å². The first kappa shape index (κ1) is 20.4. The third-order valence-corrected chi connectivity index (χ3v) is 6.18. The van der Waals surface area contributed by atoms with Gasteiger partial charge in [-0.15, -0.1) is 0 Å². The average Bonchev–Trinajstić information content (AvgIpc) is 3.27. The molecule has 3 aromatic carbocycles. The fourth-order valence-corrected chi connectivity index (χ4v) is 4.47. The minimum atomic E-state index is -0.606. The minimum Gasteiger partial charge on any atom is -0.493 e. The molecular weight excluding hydrogens is 377 g/mol. The standard InChI is InChI=1S/C26H28FNO2/c1-2-3-18-30-24-15-14-23(21-8-4-5-9-22(21)24)28-25(29)26(16-6-7-17-26)19-10-12-20(27)13-11-19/h4-5,8-15H,2-3,6-7,16-18H2,1H3,(H,28,29). The molecule has 0 saturated heterocycles. The van der Waals surface area contributed by atoms with Crippen LogP contribution in [0.4, 0.5) is 10.1 Å². The zero-order valence-electron chi connectivity index (χ0n) is 17.4. The highest BCUT2D eigenvalue weighted by Crippen LogP contribution is 2.43. The number of hydrogen-bond acceptors (Lipinski definition) is 2. The van der Waals surface area contributed by atoms with Crippen LogP contribution < -0.4 is 10.1 Å². The van der Waals surface area contributed by atoms with Gasteiger partial charge in [-0.2, -0.15) is 0 Å². The molecule has 0 radical (unpaired) electrons. The number of nitrogens with one attached hydrogen (secondary N) is 1. The molecule has 1 aliphatic carbocycles. The van der Waals surface area contributed by atoms with Crippen LogP contribution in [0.1, 0.15) is 51.0 Å². The summed E-state index contributed by atoms with van der Waals surface area (Å²) in [6.45, 7) is 2.82. The average molecular weight is 406 g/mol. The summed E-state index contributed by atoms with van der Waals surface area (Å²) in [5.74, 6) is 0.541. The number of amides is 1. The molecule has 0 atom stereocenters. The highest BCUT2D eigenvalue weighted by Gasteiger charge is 2.42. The predicted octanol–water partition coefficient (Wildman–Crippen LogP) is 6.61. The first-order chi connectivity index (χ1) is 14.6. The summed E-state index contributed by atoms with van der Waals surface area (Å²) in [5, 5.41) is 5.15. The number of rotatable bonds is 7. The SMILES string of the molecule is CCCCOc1ccc(NC(=O)C2(c3ccc(F)cc3)CCCC2)c2ccccc12. The van der Waals surface area contributed by atoms with E-state index >= 15 is 0 Å². The van der Waals surface area contributed by atoms with Gasteiger partial charge in [-0.1, -0.05) is 62.6 Å². The van der Waals surface area contributed by atoms with Gasteiger partial charge in [-0.05, 0) is 49.1 Å². The molecule has 0 bridgehead atoms. The lowest BCUT2D eigenvalue weighted by atomic mass is 9.78. The van der Waals surface area contributed by atoms with E-state index in [0.29, 0.717) is 6.61 Å². The molecule has 0 heterocycles. The fraction of sp³-hybridized carbons (Fsp3) is 0.346. The Morgan fingerprint density at radius 3 is 2.40 bits per heavy atom. The molecule has 156 valence electrons. The third-order valence-electron chi connectivity index (χ3n) is 6.18. The van der Waals surface area contributed by atoms with Gasteiger partial charge in [0.15, 0.2) is 0 Å². The second-order valence-corrected chi connectivity index (χ2v) is 8.11. The highest BCUT2D eigenvalue weighted by atomic mass is 19.1. The van der Waals surface area contributed by atoms with E-state index < -0.39 is 5.41 Å². The summed E-state index contributed by atoms with van der Waals surface area (Å²) < 4.78 is 19.4. The topological polar surface area (TPSA) is 38.3 Å². The van der Waals surface area contributed by atoms with Crippen LogP contribution in [0.3, 0.4) is 0 Å². The van der Waals surface area contributed by atoms with E-state index in [1.165, 1.54) is 12.1 Å². The molecule has 0 unspecified atom stereocenters. The second-order valence-electron chi connectivity index (χ2n) is 8.11. The molecule has 0 aliphatic heterocycles. The van der Waals surface area contributed by atoms with Crippen molar-refractivity contribution in [2.75, 3.05) is 11.9 Å². The zero-order valence-corrected chi connectivity index (χ0v) is 17.4. The first-order valence-electron chi connectivity index (χ1n) is 10.9. The van der Waals surface area contributed by atoms with Gasteiger partial charge in [0.25, 0.3) is 0 Å². The molecule has 1 saturated carbocycles. The number of fused-ring (bicyclic) bond motifs is 1. The fourth-order valence-electron chi connectivity index (χ4n) is 4.47. The number of halogens is 1. The van der Waals surface area contributed by atoms with Crippen molar-refractivity contribution < 1.29 is 13.9 Å². The first-order valence-corrected chi connectivity index (χ1v) is 10.9. The molecule has 1 N–H and O–H groups in total. The van der Waals surface area contributed by atoms with Crippen molar-refractivity contribution in [3.8, 4) is 5.75 Å². The van der Waals surface area contributed by atoms with E-state index in [1.54, 1.807) is 12.1 Å². The lowest BCUT2D eigenvalue weighted by molar-refractivity contribution is -0.121. The normalized spacial score (nSPS) is 15.3. The van der Waals surface area contributed by atoms with Crippen LogP contribution in [0.2, 0.25) is 0 Å². The maximum atomic E-state index is 13.5. The molecule has 3 aromatic rings. The number of hydrogen-bond donors (Lipinski definition) is 1. The molecule has 1 fully saturated rings. The summed E-state index contributed by atoms with van der Waals surface area (Å²) >= 11 is 0. The van der Waals surface area contributed by atoms with Crippen molar-refractivity contribution >= 4 is 22.4 Å². The van der Waals surface area contributed by atoms with Crippen molar-refractivity contribution in [1.29, 1.82) is 0 Å². The van der Waals surface area contributed by atoms with Crippen LogP contribution >= 0.6 is 0 Å². The number of ether oxygens (including phenoxy) is 1. The van der Waals surface area contributed by atoms with Crippen molar-refractivity contribution in [2.45, 2.75) is 50.9 Å². The Labute approximate surface area is 177 Å². The van der Waals surface area contributed by atoms with Crippen LogP contribution in [0.5, 0.6) is 5.75 Å². The summed E-state index contributed by atoms with van der Waals surface area (Å²) in [7, 11) is 0. The van der Waals surface area contributed by atoms with Gasteiger partial charge in [-0.25, -0.2) is 4.39 Å². The van der Waals surface area contributed by atoms with Gasteiger partial charge in [-0.3, -0.25) is 4.79 Å². The van der Waals surface area contributed by atoms with Crippen LogP contribution in [0, 0.1) is 5.82 Å². The largest absolute Gasteiger partial charge is 0.493 e. The van der Waals surface area contributed by atoms with Gasteiger partial charge in [0.05, 0.1) is 12.0 Å². The van der Waals surface area contributed by atoms with Crippen LogP contribution in [-0.4, -0.2) is 12.5 Å². The highest BCUT2D eigenvalue weighted by molar-refractivity contribution is 6.07. The Morgan fingerprint density at radius 1 is 1.00 bits per heavy atom. The van der Waals surface area contributed by atoms with E-state index in [4.69, 9.17) is 4.74 Å². The van der Waals surface area contributed by atoms with E-state index in [0.717, 1.165) is 66.3 Å². The Kier molecular flexibility index (Phi) is 6.03. The van der Waals surface area contributed by atoms with Gasteiger partial charge in [0.2, 0.25) is 5.91 Å². The Balaban J connectivity index is 1.65. The van der Waals surface area contributed by atoms with Crippen LogP contribution in [-0.2, 0) is 10.2 Å². The van der Waals surface area contributed by atoms with Gasteiger partial charge in [0, 0.05) is 16.5 Å². The molecule has 4 heteroatoms. The molecule has 4 rings (SSSR count). The quantitative estimate of drug-likeness (QED) is 0.449. The molecule has 1 aliphatic rings. The molecule has 30 heavy (non-hydrogen) atoms. The molecular formula is C26H28FNO2. The predicted molar refractivity (Wildman–Crippen MR) is 120 cm³/mol. The summed E-state index contributed by atoms with van der Waals surface area (Å²) in [4.78, 5) is 13.5. The maximum absolute atomic E-state index is 13.5. The number of benzene rings is 3. The van der Waals surface area contributed by atoms with Crippen molar-refractivity contribution in [2.24, 2.45) is 0 Å². The number of carbonyl (C=O) groups is 1. The van der Waals surface area contributed by atoms with Crippen molar-refractivity contribution in [3.05, 3.63) is 72.0 Å². The molecule has 0 spiro atoms. The molecule has 0 aromatic heterocycles. The van der Waals surface area contributed by atoms with Gasteiger partial charge >= 0.3 is 0 Å². The van der Waals surface area contributed by atoms with E-state index in [2.05, 4.69) is 12.2 Å². The lowest BCUT2D eigenvalue weighted by Gasteiger charge is -2.28. The summed E-state index contributed by atoms with van der Waals surface area (Å²) in [5.41, 5.74) is 1.07. The van der Waals surface area contributed by atoms with E-state index in [-0.39, 0.29) is 11.7 Å². The monoisotopic (exact) mass is 405 g/mol. The van der Waals surface area contributed by atoms with Gasteiger partial charge < -0.3 is 10.1 Å². The number of carbonyl (C=O) groups excluding carboxylic acids is 1. The Morgan fingerprint density at radius 2 is 1.70 bits per heavy atom. The zero-order chi connectivity index (χ0) is 21.0. The van der Waals surface area contributed by atoms with Crippen LogP contribution in [0.15, 0.2) is 60.7 Å². The van der Waals surface area contributed by atoms with Crippen molar-refractivity contribution in [1.82, 2.24) is 0 Å². The minimum absolute atomic E-state index is 0.0172. The summed E-state index contributed by atoms with van der Waals surface area (Å²) in [6, 6.07) is 18.2. The number of unbranched alkanes of at least 4 members (excludes halogenated alkanes) is 1. The maximum Gasteiger partial charge on any atom is 0.235 e. The lowest BCUT2D eigenvalue weighted by Crippen LogP contribution is -2.38. The van der Waals surface area contributed by atoms with E-state index in [1.807, 2.05) is 36.4 Å². The second kappa shape index (κ2) is 8.86. The third kappa shape index (κ3) is 3.91. The van der Waals surface area contributed by atoms with Crippen molar-refractivity contribution in [3.63, 3.8) is 0 Å². The van der Waals surface area contributed by atoms with Gasteiger partial charge in [0.1, 0.15) is 11.6 Å². The number of anilines is 1. The van der Waals surface area contributed by atoms with E-state index in [9.17, 15) is 9.18 Å². The molecule has 1 amide bonds. The Hall–Kier alpha value is -2.88. The summed E-state index contributed by atoms with van der Waals surface area (Å²) in [6.07, 6.45) is 5.64.